The number of nitrogens with zero attached hydrogens (tertiary/aromatic N) is 1. The molecule has 27 heavy (non-hydrogen) atoms. The Labute approximate surface area is 164 Å². The second-order valence-corrected chi connectivity index (χ2v) is 9.57. The van der Waals surface area contributed by atoms with Gasteiger partial charge in [0.25, 0.3) is 0 Å². The van der Waals surface area contributed by atoms with Gasteiger partial charge in [-0.15, -0.1) is 0 Å². The number of nitrogens with one attached hydrogen (secondary N) is 1. The van der Waals surface area contributed by atoms with E-state index in [1.54, 1.807) is 7.11 Å². The van der Waals surface area contributed by atoms with Crippen molar-refractivity contribution in [3.05, 3.63) is 23.3 Å². The minimum Gasteiger partial charge on any atom is -0.504 e. The van der Waals surface area contributed by atoms with Gasteiger partial charge in [-0.3, -0.25) is 0 Å². The minimum atomic E-state index is 0.293. The number of aromatic hydroxyl groups is 1. The van der Waals surface area contributed by atoms with Crippen LogP contribution >= 0.6 is 0 Å². The van der Waals surface area contributed by atoms with Gasteiger partial charge < -0.3 is 20.1 Å². The minimum absolute atomic E-state index is 0.293. The molecule has 4 nitrogen and oxygen atoms in total. The normalized spacial score (nSPS) is 34.9. The Hall–Kier alpha value is -1.26. The van der Waals surface area contributed by atoms with Gasteiger partial charge in [-0.2, -0.15) is 0 Å². The first-order chi connectivity index (χ1) is 12.9. The molecule has 4 rings (SSSR count). The van der Waals surface area contributed by atoms with Crippen LogP contribution in [-0.4, -0.2) is 50.3 Å². The lowest BCUT2D eigenvalue weighted by molar-refractivity contribution is 0.0409. The van der Waals surface area contributed by atoms with E-state index >= 15 is 0 Å². The maximum Gasteiger partial charge on any atom is 0.160 e. The van der Waals surface area contributed by atoms with Crippen molar-refractivity contribution in [2.75, 3.05) is 34.3 Å². The molecule has 1 aromatic rings. The van der Waals surface area contributed by atoms with E-state index in [4.69, 9.17) is 4.74 Å². The number of hydrogen-bond acceptors (Lipinski definition) is 4. The van der Waals surface area contributed by atoms with Crippen LogP contribution < -0.4 is 10.1 Å². The third kappa shape index (κ3) is 3.25. The van der Waals surface area contributed by atoms with Crippen LogP contribution in [0.1, 0.15) is 56.1 Å². The van der Waals surface area contributed by atoms with Crippen LogP contribution in [-0.2, 0) is 6.42 Å². The molecule has 150 valence electrons. The molecule has 2 fully saturated rings. The molecule has 0 spiro atoms. The van der Waals surface area contributed by atoms with Gasteiger partial charge >= 0.3 is 0 Å². The van der Waals surface area contributed by atoms with Crippen molar-refractivity contribution in [3.8, 4) is 11.5 Å². The molecule has 3 aliphatic carbocycles. The first kappa shape index (κ1) is 19.1. The number of methoxy groups -OCH3 is 1. The summed E-state index contributed by atoms with van der Waals surface area (Å²) in [6.07, 6.45) is 7.63. The summed E-state index contributed by atoms with van der Waals surface area (Å²) in [5.41, 5.74) is 3.23. The second kappa shape index (κ2) is 7.29. The van der Waals surface area contributed by atoms with Gasteiger partial charge in [0.2, 0.25) is 0 Å². The monoisotopic (exact) mass is 372 g/mol. The lowest BCUT2D eigenvalue weighted by Gasteiger charge is -2.51. The topological polar surface area (TPSA) is 44.7 Å². The predicted octanol–water partition coefficient (Wildman–Crippen LogP) is 3.78. The van der Waals surface area contributed by atoms with Gasteiger partial charge in [0.1, 0.15) is 0 Å². The Morgan fingerprint density at radius 1 is 1.22 bits per heavy atom. The predicted molar refractivity (Wildman–Crippen MR) is 110 cm³/mol. The summed E-state index contributed by atoms with van der Waals surface area (Å²) in [7, 11) is 5.95. The Morgan fingerprint density at radius 3 is 2.78 bits per heavy atom. The Balaban J connectivity index is 1.54. The lowest BCUT2D eigenvalue weighted by atomic mass is 9.55. The maximum atomic E-state index is 10.2. The fraction of sp³-hybridized carbons (Fsp3) is 0.739. The van der Waals surface area contributed by atoms with Gasteiger partial charge in [0, 0.05) is 19.1 Å². The summed E-state index contributed by atoms with van der Waals surface area (Å²) >= 11 is 0. The van der Waals surface area contributed by atoms with E-state index in [1.165, 1.54) is 43.2 Å². The number of aryl methyl sites for hydroxylation is 1. The van der Waals surface area contributed by atoms with E-state index in [-0.39, 0.29) is 0 Å². The highest BCUT2D eigenvalue weighted by molar-refractivity contribution is 5.49. The zero-order valence-electron chi connectivity index (χ0n) is 17.4. The molecular weight excluding hydrogens is 336 g/mol. The molecule has 2 saturated carbocycles. The van der Waals surface area contributed by atoms with Crippen molar-refractivity contribution in [2.24, 2.45) is 17.3 Å². The van der Waals surface area contributed by atoms with Crippen molar-refractivity contribution >= 4 is 0 Å². The Morgan fingerprint density at radius 2 is 2.04 bits per heavy atom. The molecular formula is C23H36N2O2. The number of benzene rings is 1. The summed E-state index contributed by atoms with van der Waals surface area (Å²) in [4.78, 5) is 2.26. The van der Waals surface area contributed by atoms with E-state index in [1.807, 2.05) is 6.07 Å². The average Bonchev–Trinajstić information content (AvgIpc) is 2.97. The summed E-state index contributed by atoms with van der Waals surface area (Å²) in [6, 6.07) is 4.75. The molecule has 0 radical (unpaired) electrons. The summed E-state index contributed by atoms with van der Waals surface area (Å²) < 4.78 is 5.41. The molecule has 4 heteroatoms. The number of fused-ring (bicyclic) bond motifs is 5. The zero-order chi connectivity index (χ0) is 19.2. The van der Waals surface area contributed by atoms with Gasteiger partial charge in [0.15, 0.2) is 11.5 Å². The highest BCUT2D eigenvalue weighted by atomic mass is 16.5. The largest absolute Gasteiger partial charge is 0.504 e. The molecule has 0 heterocycles. The number of ether oxygens (including phenoxy) is 1. The van der Waals surface area contributed by atoms with Gasteiger partial charge in [-0.1, -0.05) is 6.92 Å². The molecule has 0 saturated heterocycles. The molecule has 5 atom stereocenters. The SMILES string of the molecule is COc1cc2c(cc1O)CC[C@@H]1[C@@H]2CC[C@]2(C)[C@@H](NCCN(C)C)CC[C@@H]12. The summed E-state index contributed by atoms with van der Waals surface area (Å²) in [5, 5.41) is 14.1. The molecule has 0 amide bonds. The van der Waals surface area contributed by atoms with E-state index in [2.05, 4.69) is 37.3 Å². The Kier molecular flexibility index (Phi) is 5.15. The van der Waals surface area contributed by atoms with Crippen molar-refractivity contribution in [1.82, 2.24) is 10.2 Å². The molecule has 3 aliphatic rings. The van der Waals surface area contributed by atoms with Gasteiger partial charge in [0.05, 0.1) is 7.11 Å². The quantitative estimate of drug-likeness (QED) is 0.826. The van der Waals surface area contributed by atoms with Crippen molar-refractivity contribution in [2.45, 2.75) is 57.4 Å². The van der Waals surface area contributed by atoms with Crippen LogP contribution in [0.5, 0.6) is 11.5 Å². The molecule has 0 bridgehead atoms. The fourth-order valence-electron chi connectivity index (χ4n) is 6.55. The molecule has 0 aliphatic heterocycles. The molecule has 0 unspecified atom stereocenters. The Bertz CT molecular complexity index is 689. The number of rotatable bonds is 5. The van der Waals surface area contributed by atoms with Gasteiger partial charge in [-0.05, 0) is 99.0 Å². The van der Waals surface area contributed by atoms with Crippen LogP contribution in [0.4, 0.5) is 0 Å². The van der Waals surface area contributed by atoms with E-state index in [9.17, 15) is 5.11 Å². The van der Waals surface area contributed by atoms with E-state index in [0.717, 1.165) is 31.3 Å². The molecule has 1 aromatic carbocycles. The molecule has 0 aromatic heterocycles. The zero-order valence-corrected chi connectivity index (χ0v) is 17.4. The van der Waals surface area contributed by atoms with Crippen LogP contribution in [0.25, 0.3) is 0 Å². The second-order valence-electron chi connectivity index (χ2n) is 9.57. The number of likely N-dealkylation sites (N-methyl/N-ethyl adjacent to an activating group) is 1. The third-order valence-corrected chi connectivity index (χ3v) is 7.97. The van der Waals surface area contributed by atoms with Crippen LogP contribution in [0.15, 0.2) is 12.1 Å². The number of phenols is 1. The molecule has 2 N–H and O–H groups in total. The third-order valence-electron chi connectivity index (χ3n) is 7.97. The smallest absolute Gasteiger partial charge is 0.160 e. The van der Waals surface area contributed by atoms with Crippen molar-refractivity contribution in [1.29, 1.82) is 0 Å². The maximum absolute atomic E-state index is 10.2. The highest BCUT2D eigenvalue weighted by Crippen LogP contribution is 2.61. The van der Waals surface area contributed by atoms with E-state index in [0.29, 0.717) is 28.9 Å². The highest BCUT2D eigenvalue weighted by Gasteiger charge is 2.54. The number of phenolic OH excluding ortho intramolecular Hbond substituents is 1. The summed E-state index contributed by atoms with van der Waals surface area (Å²) in [6.45, 7) is 4.76. The van der Waals surface area contributed by atoms with Gasteiger partial charge in [-0.25, -0.2) is 0 Å². The first-order valence-electron chi connectivity index (χ1n) is 10.7. The standard InChI is InChI=1S/C23H36N2O2/c1-23-10-9-16-17(19(23)7-8-22(23)24-11-12-25(2)3)6-5-15-13-20(26)21(27-4)14-18(15)16/h13-14,16-17,19,22,24,26H,5-12H2,1-4H3/t16-,17+,19-,22-,23-/m0/s1. The first-order valence-corrected chi connectivity index (χ1v) is 10.7. The average molecular weight is 373 g/mol. The number of hydrogen-bond donors (Lipinski definition) is 2. The lowest BCUT2D eigenvalue weighted by Crippen LogP contribution is -2.49. The van der Waals surface area contributed by atoms with Crippen LogP contribution in [0.2, 0.25) is 0 Å². The van der Waals surface area contributed by atoms with E-state index < -0.39 is 0 Å². The summed E-state index contributed by atoms with van der Waals surface area (Å²) in [5.74, 6) is 3.17. The fourth-order valence-corrected chi connectivity index (χ4v) is 6.55. The van der Waals surface area contributed by atoms with Crippen molar-refractivity contribution < 1.29 is 9.84 Å². The van der Waals surface area contributed by atoms with Crippen molar-refractivity contribution in [3.63, 3.8) is 0 Å². The van der Waals surface area contributed by atoms with Crippen LogP contribution in [0, 0.1) is 17.3 Å². The van der Waals surface area contributed by atoms with Crippen LogP contribution in [0.3, 0.4) is 0 Å².